The topological polar surface area (TPSA) is 49.4 Å². The van der Waals surface area contributed by atoms with Crippen molar-refractivity contribution in [3.8, 4) is 0 Å². The summed E-state index contributed by atoms with van der Waals surface area (Å²) < 4.78 is 15.0. The van der Waals surface area contributed by atoms with Gasteiger partial charge in [0.2, 0.25) is 11.8 Å². The van der Waals surface area contributed by atoms with E-state index in [0.29, 0.717) is 10.7 Å². The summed E-state index contributed by atoms with van der Waals surface area (Å²) >= 11 is 7.54. The molecule has 7 heteroatoms. The highest BCUT2D eigenvalue weighted by molar-refractivity contribution is 7.10. The maximum Gasteiger partial charge on any atom is 0.248 e. The minimum absolute atomic E-state index is 0.0382. The fraction of sp³-hybridized carbons (Fsp3) is 0.280. The monoisotopic (exact) mass is 470 g/mol. The van der Waals surface area contributed by atoms with Crippen molar-refractivity contribution in [1.29, 1.82) is 0 Å². The number of nitrogens with one attached hydrogen (secondary N) is 1. The van der Waals surface area contributed by atoms with Gasteiger partial charge in [-0.2, -0.15) is 0 Å². The number of rotatable bonds is 7. The van der Waals surface area contributed by atoms with Gasteiger partial charge in [0.05, 0.1) is 6.42 Å². The normalized spacial score (nSPS) is 14.8. The molecule has 2 aromatic carbocycles. The quantitative estimate of drug-likeness (QED) is 0.466. The molecule has 4 nitrogen and oxygen atoms in total. The van der Waals surface area contributed by atoms with E-state index in [1.807, 2.05) is 17.5 Å². The van der Waals surface area contributed by atoms with Crippen LogP contribution in [0.3, 0.4) is 0 Å². The van der Waals surface area contributed by atoms with Crippen LogP contribution in [0.15, 0.2) is 66.0 Å². The van der Waals surface area contributed by atoms with E-state index in [1.165, 1.54) is 22.3 Å². The Morgan fingerprint density at radius 2 is 1.78 bits per heavy atom. The van der Waals surface area contributed by atoms with E-state index < -0.39 is 11.9 Å². The van der Waals surface area contributed by atoms with Gasteiger partial charge in [-0.15, -0.1) is 11.3 Å². The fourth-order valence-electron chi connectivity index (χ4n) is 4.13. The third kappa shape index (κ3) is 5.19. The molecule has 3 aromatic rings. The van der Waals surface area contributed by atoms with Crippen molar-refractivity contribution in [2.75, 3.05) is 4.90 Å². The lowest BCUT2D eigenvalue weighted by Gasteiger charge is -2.32. The molecule has 2 amide bonds. The van der Waals surface area contributed by atoms with Gasteiger partial charge in [0.25, 0.3) is 0 Å². The van der Waals surface area contributed by atoms with E-state index in [2.05, 4.69) is 5.32 Å². The molecule has 0 bridgehead atoms. The van der Waals surface area contributed by atoms with Crippen LogP contribution in [0.2, 0.25) is 5.02 Å². The van der Waals surface area contributed by atoms with Crippen molar-refractivity contribution >= 4 is 40.4 Å². The number of carbonyl (C=O) groups is 2. The van der Waals surface area contributed by atoms with Crippen molar-refractivity contribution in [3.05, 3.63) is 87.3 Å². The molecule has 1 N–H and O–H groups in total. The second-order valence-electron chi connectivity index (χ2n) is 7.91. The van der Waals surface area contributed by atoms with Crippen molar-refractivity contribution in [2.45, 2.75) is 44.2 Å². The molecule has 1 saturated carbocycles. The molecule has 1 aliphatic carbocycles. The first-order valence-corrected chi connectivity index (χ1v) is 11.9. The Morgan fingerprint density at radius 3 is 2.44 bits per heavy atom. The van der Waals surface area contributed by atoms with Crippen LogP contribution in [-0.4, -0.2) is 17.9 Å². The van der Waals surface area contributed by atoms with E-state index in [-0.39, 0.29) is 29.8 Å². The number of amides is 2. The molecule has 0 aliphatic heterocycles. The molecule has 1 aliphatic rings. The third-order valence-electron chi connectivity index (χ3n) is 5.69. The Balaban J connectivity index is 1.77. The molecule has 0 saturated heterocycles. The van der Waals surface area contributed by atoms with Gasteiger partial charge in [0.1, 0.15) is 11.9 Å². The van der Waals surface area contributed by atoms with Crippen molar-refractivity contribution in [3.63, 3.8) is 0 Å². The van der Waals surface area contributed by atoms with Gasteiger partial charge in [0.15, 0.2) is 0 Å². The third-order valence-corrected chi connectivity index (χ3v) is 6.82. The molecular weight excluding hydrogens is 447 g/mol. The number of hydrogen-bond donors (Lipinski definition) is 1. The first kappa shape index (κ1) is 22.5. The molecule has 1 atom stereocenters. The minimum Gasteiger partial charge on any atom is -0.351 e. The lowest BCUT2D eigenvalue weighted by molar-refractivity contribution is -0.127. The van der Waals surface area contributed by atoms with Crippen molar-refractivity contribution in [1.82, 2.24) is 5.32 Å². The highest BCUT2D eigenvalue weighted by Crippen LogP contribution is 2.32. The summed E-state index contributed by atoms with van der Waals surface area (Å²) in [5.41, 5.74) is 0.656. The fourth-order valence-corrected chi connectivity index (χ4v) is 4.95. The summed E-state index contributed by atoms with van der Waals surface area (Å²) in [7, 11) is 0. The van der Waals surface area contributed by atoms with Crippen LogP contribution in [0.1, 0.15) is 42.2 Å². The molecule has 0 radical (unpaired) electrons. The largest absolute Gasteiger partial charge is 0.351 e. The Morgan fingerprint density at radius 1 is 1.06 bits per heavy atom. The van der Waals surface area contributed by atoms with Crippen LogP contribution < -0.4 is 10.2 Å². The maximum absolute atomic E-state index is 15.0. The summed E-state index contributed by atoms with van der Waals surface area (Å²) in [6.07, 6.45) is 3.99. The highest BCUT2D eigenvalue weighted by atomic mass is 35.5. The summed E-state index contributed by atoms with van der Waals surface area (Å²) in [6, 6.07) is 15.5. The van der Waals surface area contributed by atoms with Crippen molar-refractivity contribution in [2.24, 2.45) is 0 Å². The predicted molar refractivity (Wildman–Crippen MR) is 127 cm³/mol. The lowest BCUT2D eigenvalue weighted by Crippen LogP contribution is -2.47. The van der Waals surface area contributed by atoms with Crippen LogP contribution in [0.4, 0.5) is 10.1 Å². The number of nitrogens with zero attached hydrogens (tertiary/aromatic N) is 1. The Labute approximate surface area is 196 Å². The summed E-state index contributed by atoms with van der Waals surface area (Å²) in [5, 5.41) is 5.47. The number of hydrogen-bond acceptors (Lipinski definition) is 3. The zero-order chi connectivity index (χ0) is 22.5. The number of halogens is 2. The Kier molecular flexibility index (Phi) is 7.22. The highest BCUT2D eigenvalue weighted by Gasteiger charge is 2.35. The second kappa shape index (κ2) is 10.3. The van der Waals surface area contributed by atoms with Gasteiger partial charge in [-0.05, 0) is 54.6 Å². The van der Waals surface area contributed by atoms with Crippen LogP contribution >= 0.6 is 22.9 Å². The van der Waals surface area contributed by atoms with Gasteiger partial charge >= 0.3 is 0 Å². The van der Waals surface area contributed by atoms with Gasteiger partial charge in [-0.3, -0.25) is 14.5 Å². The molecule has 4 rings (SSSR count). The van der Waals surface area contributed by atoms with Crippen LogP contribution in [-0.2, 0) is 16.0 Å². The molecule has 1 fully saturated rings. The standard InChI is InChI=1S/C25H24ClFN2O2S/c26-17-11-13-19(14-12-17)29(23(30)16-20-8-5-15-32-20)24(21-9-3-4-10-22(21)27)25(31)28-18-6-1-2-7-18/h3-5,8-15,18,24H,1-2,6-7,16H2,(H,28,31)/t24-/m0/s1. The summed E-state index contributed by atoms with van der Waals surface area (Å²) in [6.45, 7) is 0. The van der Waals surface area contributed by atoms with Gasteiger partial charge in [-0.25, -0.2) is 4.39 Å². The average molecular weight is 471 g/mol. The Hall–Kier alpha value is -2.70. The van der Waals surface area contributed by atoms with Crippen LogP contribution in [0.25, 0.3) is 0 Å². The molecule has 1 heterocycles. The lowest BCUT2D eigenvalue weighted by atomic mass is 10.0. The second-order valence-corrected chi connectivity index (χ2v) is 9.38. The summed E-state index contributed by atoms with van der Waals surface area (Å²) in [5.74, 6) is -1.19. The van der Waals surface area contributed by atoms with Gasteiger partial charge in [0, 0.05) is 27.2 Å². The molecule has 1 aromatic heterocycles. The number of carbonyl (C=O) groups excluding carboxylic acids is 2. The average Bonchev–Trinajstić information content (AvgIpc) is 3.48. The van der Waals surface area contributed by atoms with Gasteiger partial charge in [-0.1, -0.05) is 48.7 Å². The van der Waals surface area contributed by atoms with E-state index in [9.17, 15) is 14.0 Å². The molecule has 32 heavy (non-hydrogen) atoms. The Bertz CT molecular complexity index is 1070. The van der Waals surface area contributed by atoms with E-state index >= 15 is 0 Å². The maximum atomic E-state index is 15.0. The zero-order valence-corrected chi connectivity index (χ0v) is 19.0. The molecule has 0 spiro atoms. The number of anilines is 1. The SMILES string of the molecule is O=C(NC1CCCC1)[C@H](c1ccccc1F)N(C(=O)Cc1cccs1)c1ccc(Cl)cc1. The molecule has 0 unspecified atom stereocenters. The first-order chi connectivity index (χ1) is 15.5. The van der Waals surface area contributed by atoms with Crippen LogP contribution in [0.5, 0.6) is 0 Å². The molecular formula is C25H24ClFN2O2S. The zero-order valence-electron chi connectivity index (χ0n) is 17.5. The van der Waals surface area contributed by atoms with Gasteiger partial charge < -0.3 is 5.32 Å². The smallest absolute Gasteiger partial charge is 0.248 e. The number of thiophene rings is 1. The first-order valence-electron chi connectivity index (χ1n) is 10.7. The van der Waals surface area contributed by atoms with E-state index in [1.54, 1.807) is 42.5 Å². The van der Waals surface area contributed by atoms with Crippen LogP contribution in [0, 0.1) is 5.82 Å². The predicted octanol–water partition coefficient (Wildman–Crippen LogP) is 5.92. The minimum atomic E-state index is -1.13. The van der Waals surface area contributed by atoms with Crippen molar-refractivity contribution < 1.29 is 14.0 Å². The molecule has 166 valence electrons. The van der Waals surface area contributed by atoms with E-state index in [0.717, 1.165) is 30.6 Å². The van der Waals surface area contributed by atoms with E-state index in [4.69, 9.17) is 11.6 Å². The summed E-state index contributed by atoms with van der Waals surface area (Å²) in [4.78, 5) is 29.4. The number of benzene rings is 2.